The molecule has 0 saturated carbocycles. The molecular formula is C19H29N3O2. The predicted molar refractivity (Wildman–Crippen MR) is 94.8 cm³/mol. The first-order chi connectivity index (χ1) is 11.5. The van der Waals surface area contributed by atoms with Crippen molar-refractivity contribution in [2.45, 2.75) is 51.5 Å². The van der Waals surface area contributed by atoms with E-state index in [1.165, 1.54) is 5.56 Å². The van der Waals surface area contributed by atoms with E-state index in [0.29, 0.717) is 0 Å². The van der Waals surface area contributed by atoms with Gasteiger partial charge in [0.1, 0.15) is 0 Å². The highest BCUT2D eigenvalue weighted by Gasteiger charge is 2.23. The molecule has 2 aliphatic rings. The van der Waals surface area contributed by atoms with Gasteiger partial charge in [0.2, 0.25) is 0 Å². The van der Waals surface area contributed by atoms with Crippen LogP contribution in [0.2, 0.25) is 0 Å². The maximum atomic E-state index is 12.6. The summed E-state index contributed by atoms with van der Waals surface area (Å²) in [5.74, 6) is 0.127. The van der Waals surface area contributed by atoms with E-state index in [0.717, 1.165) is 51.1 Å². The maximum absolute atomic E-state index is 12.6. The first-order valence-electron chi connectivity index (χ1n) is 9.03. The summed E-state index contributed by atoms with van der Waals surface area (Å²) in [5.41, 5.74) is 7.93. The Morgan fingerprint density at radius 1 is 1.12 bits per heavy atom. The number of nitrogens with zero attached hydrogens (tertiary/aromatic N) is 2. The lowest BCUT2D eigenvalue weighted by molar-refractivity contribution is -0.0704. The molecule has 2 saturated heterocycles. The van der Waals surface area contributed by atoms with E-state index in [1.807, 2.05) is 17.0 Å². The number of likely N-dealkylation sites (tertiary alicyclic amines) is 1. The Bertz CT molecular complexity index is 542. The van der Waals surface area contributed by atoms with Crippen molar-refractivity contribution in [2.75, 3.05) is 26.2 Å². The van der Waals surface area contributed by atoms with Crippen LogP contribution in [-0.4, -0.2) is 60.1 Å². The lowest BCUT2D eigenvalue weighted by atomic mass is 10.0. The van der Waals surface area contributed by atoms with Crippen LogP contribution < -0.4 is 5.73 Å². The highest BCUT2D eigenvalue weighted by molar-refractivity contribution is 5.94. The van der Waals surface area contributed by atoms with Gasteiger partial charge in [-0.3, -0.25) is 9.69 Å². The number of morpholine rings is 1. The van der Waals surface area contributed by atoms with Crippen LogP contribution in [0.15, 0.2) is 24.3 Å². The van der Waals surface area contributed by atoms with Crippen molar-refractivity contribution in [1.29, 1.82) is 0 Å². The zero-order valence-corrected chi connectivity index (χ0v) is 14.8. The molecular weight excluding hydrogens is 302 g/mol. The van der Waals surface area contributed by atoms with Gasteiger partial charge in [-0.1, -0.05) is 12.1 Å². The predicted octanol–water partition coefficient (Wildman–Crippen LogP) is 1.86. The van der Waals surface area contributed by atoms with Crippen molar-refractivity contribution < 1.29 is 9.53 Å². The highest BCUT2D eigenvalue weighted by atomic mass is 16.5. The topological polar surface area (TPSA) is 58.8 Å². The second-order valence-corrected chi connectivity index (χ2v) is 7.28. The second-order valence-electron chi connectivity index (χ2n) is 7.28. The lowest BCUT2D eigenvalue weighted by Gasteiger charge is -2.35. The molecule has 5 heteroatoms. The number of hydrogen-bond donors (Lipinski definition) is 1. The average Bonchev–Trinajstić information content (AvgIpc) is 2.55. The molecule has 0 unspecified atom stereocenters. The molecule has 0 aromatic heterocycles. The fourth-order valence-corrected chi connectivity index (χ4v) is 3.71. The fourth-order valence-electron chi connectivity index (χ4n) is 3.71. The number of benzene rings is 1. The Morgan fingerprint density at radius 2 is 1.71 bits per heavy atom. The van der Waals surface area contributed by atoms with E-state index < -0.39 is 0 Å². The molecule has 1 amide bonds. The van der Waals surface area contributed by atoms with E-state index >= 15 is 0 Å². The quantitative estimate of drug-likeness (QED) is 0.918. The van der Waals surface area contributed by atoms with Crippen LogP contribution in [0.25, 0.3) is 0 Å². The Morgan fingerprint density at radius 3 is 2.29 bits per heavy atom. The van der Waals surface area contributed by atoms with Crippen LogP contribution in [-0.2, 0) is 11.3 Å². The van der Waals surface area contributed by atoms with Crippen LogP contribution in [0.4, 0.5) is 0 Å². The van der Waals surface area contributed by atoms with Crippen molar-refractivity contribution in [3.05, 3.63) is 35.4 Å². The van der Waals surface area contributed by atoms with Crippen molar-refractivity contribution in [3.8, 4) is 0 Å². The van der Waals surface area contributed by atoms with Crippen LogP contribution in [0.5, 0.6) is 0 Å². The van der Waals surface area contributed by atoms with Gasteiger partial charge in [0.05, 0.1) is 12.2 Å². The number of carbonyl (C=O) groups is 1. The van der Waals surface area contributed by atoms with Gasteiger partial charge < -0.3 is 15.4 Å². The summed E-state index contributed by atoms with van der Waals surface area (Å²) in [6.07, 6.45) is 2.36. The maximum Gasteiger partial charge on any atom is 0.253 e. The lowest BCUT2D eigenvalue weighted by Crippen LogP contribution is -2.44. The number of nitrogens with two attached hydrogens (primary N) is 1. The summed E-state index contributed by atoms with van der Waals surface area (Å²) in [4.78, 5) is 16.9. The van der Waals surface area contributed by atoms with Crippen molar-refractivity contribution in [3.63, 3.8) is 0 Å². The van der Waals surface area contributed by atoms with Gasteiger partial charge in [0.25, 0.3) is 5.91 Å². The molecule has 24 heavy (non-hydrogen) atoms. The normalized spacial score (nSPS) is 26.5. The zero-order chi connectivity index (χ0) is 17.1. The van der Waals surface area contributed by atoms with Gasteiger partial charge in [0, 0.05) is 44.3 Å². The summed E-state index contributed by atoms with van der Waals surface area (Å²) in [5, 5.41) is 0. The minimum atomic E-state index is 0.127. The van der Waals surface area contributed by atoms with E-state index in [2.05, 4.69) is 30.9 Å². The standard InChI is InChI=1S/C19H29N3O2/c1-14-11-21(12-15(2)24-14)13-16-3-5-17(6-4-16)19(23)22-9-7-18(20)8-10-22/h3-6,14-15,18H,7-13,20H2,1-2H3/t14-,15-/m1/s1. The molecule has 2 N–H and O–H groups in total. The third-order valence-electron chi connectivity index (χ3n) is 4.93. The molecule has 5 nitrogen and oxygen atoms in total. The largest absolute Gasteiger partial charge is 0.373 e. The average molecular weight is 331 g/mol. The van der Waals surface area contributed by atoms with E-state index in [4.69, 9.17) is 10.5 Å². The number of rotatable bonds is 3. The molecule has 132 valence electrons. The summed E-state index contributed by atoms with van der Waals surface area (Å²) in [7, 11) is 0. The van der Waals surface area contributed by atoms with E-state index in [1.54, 1.807) is 0 Å². The molecule has 2 atom stereocenters. The number of ether oxygens (including phenoxy) is 1. The Kier molecular flexibility index (Phi) is 5.54. The molecule has 3 rings (SSSR count). The second kappa shape index (κ2) is 7.64. The zero-order valence-electron chi connectivity index (χ0n) is 14.8. The summed E-state index contributed by atoms with van der Waals surface area (Å²) < 4.78 is 5.78. The molecule has 0 radical (unpaired) electrons. The molecule has 0 aliphatic carbocycles. The monoisotopic (exact) mass is 331 g/mol. The van der Waals surface area contributed by atoms with Gasteiger partial charge in [0.15, 0.2) is 0 Å². The minimum absolute atomic E-state index is 0.127. The third kappa shape index (κ3) is 4.35. The molecule has 2 fully saturated rings. The van der Waals surface area contributed by atoms with Crippen LogP contribution >= 0.6 is 0 Å². The van der Waals surface area contributed by atoms with Gasteiger partial charge in [-0.05, 0) is 44.4 Å². The SMILES string of the molecule is C[C@@H]1CN(Cc2ccc(C(=O)N3CCC(N)CC3)cc2)C[C@@H](C)O1. The minimum Gasteiger partial charge on any atom is -0.373 e. The fraction of sp³-hybridized carbons (Fsp3) is 0.632. The van der Waals surface area contributed by atoms with Gasteiger partial charge >= 0.3 is 0 Å². The molecule has 2 aliphatic heterocycles. The van der Waals surface area contributed by atoms with Crippen LogP contribution in [0.3, 0.4) is 0 Å². The van der Waals surface area contributed by atoms with Crippen molar-refractivity contribution in [2.24, 2.45) is 5.73 Å². The number of carbonyl (C=O) groups excluding carboxylic acids is 1. The first kappa shape index (κ1) is 17.4. The van der Waals surface area contributed by atoms with E-state index in [-0.39, 0.29) is 24.2 Å². The summed E-state index contributed by atoms with van der Waals surface area (Å²) >= 11 is 0. The Balaban J connectivity index is 1.58. The number of hydrogen-bond acceptors (Lipinski definition) is 4. The molecule has 2 heterocycles. The molecule has 1 aromatic carbocycles. The summed E-state index contributed by atoms with van der Waals surface area (Å²) in [6.45, 7) is 8.60. The third-order valence-corrected chi connectivity index (χ3v) is 4.93. The van der Waals surface area contributed by atoms with Gasteiger partial charge in [-0.15, -0.1) is 0 Å². The number of piperidine rings is 1. The van der Waals surface area contributed by atoms with Crippen LogP contribution in [0.1, 0.15) is 42.6 Å². The number of amides is 1. The highest BCUT2D eigenvalue weighted by Crippen LogP contribution is 2.17. The Hall–Kier alpha value is -1.43. The molecule has 0 spiro atoms. The molecule has 0 bridgehead atoms. The summed E-state index contributed by atoms with van der Waals surface area (Å²) in [6, 6.07) is 8.31. The van der Waals surface area contributed by atoms with Crippen LogP contribution in [0, 0.1) is 0 Å². The van der Waals surface area contributed by atoms with Gasteiger partial charge in [-0.25, -0.2) is 0 Å². The molecule has 1 aromatic rings. The van der Waals surface area contributed by atoms with E-state index in [9.17, 15) is 4.79 Å². The smallest absolute Gasteiger partial charge is 0.253 e. The van der Waals surface area contributed by atoms with Crippen molar-refractivity contribution >= 4 is 5.91 Å². The van der Waals surface area contributed by atoms with Crippen molar-refractivity contribution in [1.82, 2.24) is 9.80 Å². The first-order valence-corrected chi connectivity index (χ1v) is 9.03. The van der Waals surface area contributed by atoms with Gasteiger partial charge in [-0.2, -0.15) is 0 Å². The Labute approximate surface area is 144 Å².